The normalized spacial score (nSPS) is 21.5. The predicted octanol–water partition coefficient (Wildman–Crippen LogP) is 9.23. The van der Waals surface area contributed by atoms with Crippen LogP contribution >= 0.6 is 0 Å². The predicted molar refractivity (Wildman–Crippen MR) is 247 cm³/mol. The first-order valence-electron chi connectivity index (χ1n) is 25.6. The Morgan fingerprint density at radius 3 is 1.38 bits per heavy atom. The standard InChI is InChI=1S/C50H97NO10/c1-3-5-7-9-11-13-15-17-19-21-23-25-27-29-31-33-35-37-42(53)45(55)41(40-60-50-48(58)47(57)46(56)44(39-52)61-50)51-49(59)43(54)38-36-34-32-30-28-26-24-22-20-18-16-14-12-10-8-6-4-2/h24,26,41-48,50,52-58H,3-23,25,27-40H2,1-2H3,(H,51,59)/b26-24-. The van der Waals surface area contributed by atoms with E-state index >= 15 is 0 Å². The Hall–Kier alpha value is -1.15. The smallest absolute Gasteiger partial charge is 0.249 e. The molecule has 1 aliphatic rings. The zero-order valence-electron chi connectivity index (χ0n) is 39.2. The number of ether oxygens (including phenoxy) is 2. The van der Waals surface area contributed by atoms with Gasteiger partial charge < -0.3 is 50.5 Å². The largest absolute Gasteiger partial charge is 0.394 e. The highest BCUT2D eigenvalue weighted by Gasteiger charge is 2.44. The van der Waals surface area contributed by atoms with Crippen molar-refractivity contribution in [2.75, 3.05) is 13.2 Å². The van der Waals surface area contributed by atoms with Crippen molar-refractivity contribution in [2.45, 2.75) is 287 Å². The highest BCUT2D eigenvalue weighted by Crippen LogP contribution is 2.23. The van der Waals surface area contributed by atoms with Crippen LogP contribution < -0.4 is 5.32 Å². The fourth-order valence-electron chi connectivity index (χ4n) is 8.32. The molecule has 9 unspecified atom stereocenters. The summed E-state index contributed by atoms with van der Waals surface area (Å²) in [6, 6.07) is -1.17. The molecule has 0 spiro atoms. The van der Waals surface area contributed by atoms with Crippen molar-refractivity contribution in [3.8, 4) is 0 Å². The summed E-state index contributed by atoms with van der Waals surface area (Å²) < 4.78 is 11.1. The van der Waals surface area contributed by atoms with Crippen molar-refractivity contribution in [1.82, 2.24) is 5.32 Å². The third kappa shape index (κ3) is 29.8. The van der Waals surface area contributed by atoms with Crippen molar-refractivity contribution >= 4 is 5.91 Å². The average molecular weight is 872 g/mol. The first kappa shape index (κ1) is 57.9. The Kier molecular flexibility index (Phi) is 38.3. The van der Waals surface area contributed by atoms with Crippen LogP contribution in [0.3, 0.4) is 0 Å². The van der Waals surface area contributed by atoms with Crippen LogP contribution in [0.4, 0.5) is 0 Å². The summed E-state index contributed by atoms with van der Waals surface area (Å²) in [5.41, 5.74) is 0. The van der Waals surface area contributed by atoms with Crippen molar-refractivity contribution in [2.24, 2.45) is 0 Å². The quantitative estimate of drug-likeness (QED) is 0.0217. The summed E-state index contributed by atoms with van der Waals surface area (Å²) >= 11 is 0. The van der Waals surface area contributed by atoms with E-state index in [1.54, 1.807) is 0 Å². The lowest BCUT2D eigenvalue weighted by Crippen LogP contribution is -2.60. The molecular formula is C50H97NO10. The Bertz CT molecular complexity index is 1000. The van der Waals surface area contributed by atoms with E-state index in [-0.39, 0.29) is 6.42 Å². The van der Waals surface area contributed by atoms with E-state index in [0.717, 1.165) is 51.4 Å². The number of hydrogen-bond acceptors (Lipinski definition) is 10. The molecule has 0 saturated carbocycles. The number of aliphatic hydroxyl groups is 7. The van der Waals surface area contributed by atoms with E-state index < -0.39 is 74.2 Å². The second-order valence-electron chi connectivity index (χ2n) is 18.2. The van der Waals surface area contributed by atoms with Crippen LogP contribution in [0.15, 0.2) is 12.2 Å². The molecule has 362 valence electrons. The lowest BCUT2D eigenvalue weighted by Gasteiger charge is -2.40. The summed E-state index contributed by atoms with van der Waals surface area (Å²) in [7, 11) is 0. The molecule has 9 atom stereocenters. The van der Waals surface area contributed by atoms with Crippen LogP contribution in [0, 0.1) is 0 Å². The molecule has 1 amide bonds. The Balaban J connectivity index is 2.41. The van der Waals surface area contributed by atoms with Gasteiger partial charge >= 0.3 is 0 Å². The number of unbranched alkanes of at least 4 members (excludes halogenated alkanes) is 29. The number of carbonyl (C=O) groups is 1. The van der Waals surface area contributed by atoms with Gasteiger partial charge in [-0.25, -0.2) is 0 Å². The van der Waals surface area contributed by atoms with Gasteiger partial charge in [0.25, 0.3) is 0 Å². The van der Waals surface area contributed by atoms with Crippen LogP contribution in [0.2, 0.25) is 0 Å². The van der Waals surface area contributed by atoms with E-state index in [2.05, 4.69) is 31.3 Å². The maximum atomic E-state index is 13.1. The Morgan fingerprint density at radius 2 is 0.951 bits per heavy atom. The van der Waals surface area contributed by atoms with Gasteiger partial charge in [-0.15, -0.1) is 0 Å². The number of hydrogen-bond donors (Lipinski definition) is 8. The van der Waals surface area contributed by atoms with E-state index in [0.29, 0.717) is 19.3 Å². The Morgan fingerprint density at radius 1 is 0.557 bits per heavy atom. The van der Waals surface area contributed by atoms with E-state index in [9.17, 15) is 40.5 Å². The average Bonchev–Trinajstić information content (AvgIpc) is 3.26. The molecule has 0 bridgehead atoms. The van der Waals surface area contributed by atoms with Crippen LogP contribution in [0.25, 0.3) is 0 Å². The van der Waals surface area contributed by atoms with Crippen LogP contribution in [-0.2, 0) is 14.3 Å². The van der Waals surface area contributed by atoms with Crippen molar-refractivity contribution in [3.63, 3.8) is 0 Å². The highest BCUT2D eigenvalue weighted by molar-refractivity contribution is 5.80. The molecule has 0 radical (unpaired) electrons. The van der Waals surface area contributed by atoms with Crippen LogP contribution in [0.5, 0.6) is 0 Å². The molecule has 1 fully saturated rings. The lowest BCUT2D eigenvalue weighted by molar-refractivity contribution is -0.303. The van der Waals surface area contributed by atoms with E-state index in [1.807, 2.05) is 0 Å². The van der Waals surface area contributed by atoms with Gasteiger partial charge in [0.05, 0.1) is 25.4 Å². The van der Waals surface area contributed by atoms with Gasteiger partial charge in [-0.2, -0.15) is 0 Å². The minimum atomic E-state index is -1.66. The van der Waals surface area contributed by atoms with Gasteiger partial charge in [0.2, 0.25) is 5.91 Å². The SMILES string of the molecule is CCCCCCCCCCC/C=C\CCCCCCC(O)C(=O)NC(COC1OC(CO)C(O)C(O)C1O)C(O)C(O)CCCCCCCCCCCCCCCCCCC. The number of allylic oxidation sites excluding steroid dienone is 2. The Labute approximate surface area is 372 Å². The maximum Gasteiger partial charge on any atom is 0.249 e. The molecule has 8 N–H and O–H groups in total. The third-order valence-electron chi connectivity index (χ3n) is 12.6. The third-order valence-corrected chi connectivity index (χ3v) is 12.6. The molecule has 0 aliphatic carbocycles. The minimum Gasteiger partial charge on any atom is -0.394 e. The van der Waals surface area contributed by atoms with Gasteiger partial charge in [0.1, 0.15) is 36.6 Å². The molecule has 0 aromatic heterocycles. The molecular weight excluding hydrogens is 775 g/mol. The number of rotatable bonds is 43. The zero-order chi connectivity index (χ0) is 44.8. The number of aliphatic hydroxyl groups excluding tert-OH is 7. The van der Waals surface area contributed by atoms with Gasteiger partial charge in [0.15, 0.2) is 6.29 Å². The van der Waals surface area contributed by atoms with Crippen LogP contribution in [-0.4, -0.2) is 110 Å². The van der Waals surface area contributed by atoms with E-state index in [1.165, 1.54) is 141 Å². The molecule has 1 heterocycles. The fraction of sp³-hybridized carbons (Fsp3) is 0.940. The monoisotopic (exact) mass is 872 g/mol. The van der Waals surface area contributed by atoms with Crippen LogP contribution in [0.1, 0.15) is 232 Å². The number of amides is 1. The molecule has 11 heteroatoms. The van der Waals surface area contributed by atoms with Gasteiger partial charge in [-0.1, -0.05) is 206 Å². The molecule has 61 heavy (non-hydrogen) atoms. The van der Waals surface area contributed by atoms with Gasteiger partial charge in [-0.05, 0) is 38.5 Å². The van der Waals surface area contributed by atoms with Gasteiger partial charge in [-0.3, -0.25) is 4.79 Å². The highest BCUT2D eigenvalue weighted by atomic mass is 16.7. The molecule has 1 rings (SSSR count). The summed E-state index contributed by atoms with van der Waals surface area (Å²) in [5, 5.41) is 75.9. The van der Waals surface area contributed by atoms with Crippen molar-refractivity contribution < 1.29 is 50.0 Å². The van der Waals surface area contributed by atoms with E-state index in [4.69, 9.17) is 9.47 Å². The summed E-state index contributed by atoms with van der Waals surface area (Å²) in [4.78, 5) is 13.1. The van der Waals surface area contributed by atoms with Crippen molar-refractivity contribution in [3.05, 3.63) is 12.2 Å². The number of carbonyl (C=O) groups excluding carboxylic acids is 1. The molecule has 11 nitrogen and oxygen atoms in total. The second-order valence-corrected chi connectivity index (χ2v) is 18.2. The second kappa shape index (κ2) is 40.4. The molecule has 1 aliphatic heterocycles. The molecule has 0 aromatic rings. The lowest BCUT2D eigenvalue weighted by atomic mass is 9.98. The van der Waals surface area contributed by atoms with Gasteiger partial charge in [0, 0.05) is 0 Å². The summed E-state index contributed by atoms with van der Waals surface area (Å²) in [6.07, 6.45) is 32.5. The maximum absolute atomic E-state index is 13.1. The first-order chi connectivity index (χ1) is 29.7. The van der Waals surface area contributed by atoms with Crippen molar-refractivity contribution in [1.29, 1.82) is 0 Å². The zero-order valence-corrected chi connectivity index (χ0v) is 39.2. The minimum absolute atomic E-state index is 0.248. The summed E-state index contributed by atoms with van der Waals surface area (Å²) in [5.74, 6) is -0.703. The fourth-order valence-corrected chi connectivity index (χ4v) is 8.32. The first-order valence-corrected chi connectivity index (χ1v) is 25.6. The topological polar surface area (TPSA) is 189 Å². The molecule has 1 saturated heterocycles. The number of nitrogens with one attached hydrogen (secondary N) is 1. The molecule has 0 aromatic carbocycles. The summed E-state index contributed by atoms with van der Waals surface area (Å²) in [6.45, 7) is 3.46.